The first-order valence-electron chi connectivity index (χ1n) is 15.3. The number of para-hydroxylation sites is 1. The Morgan fingerprint density at radius 2 is 1.50 bits per heavy atom. The van der Waals surface area contributed by atoms with Crippen LogP contribution in [0.4, 0.5) is 10.5 Å². The van der Waals surface area contributed by atoms with Crippen LogP contribution in [0.25, 0.3) is 11.1 Å². The monoisotopic (exact) mass is 548 g/mol. The zero-order valence-corrected chi connectivity index (χ0v) is 24.3. The number of primary amides is 1. The second-order valence-corrected chi connectivity index (χ2v) is 11.9. The average molecular weight is 549 g/mol. The lowest BCUT2D eigenvalue weighted by atomic mass is 9.93. The summed E-state index contributed by atoms with van der Waals surface area (Å²) in [4.78, 5) is 29.2. The molecule has 0 radical (unpaired) electrons. The normalized spacial score (nSPS) is 19.7. The van der Waals surface area contributed by atoms with Crippen molar-refractivity contribution in [1.82, 2.24) is 9.80 Å². The summed E-state index contributed by atoms with van der Waals surface area (Å²) in [6.07, 6.45) is 10.9. The topological polar surface area (TPSA) is 87.9 Å². The van der Waals surface area contributed by atoms with E-state index in [4.69, 9.17) is 10.5 Å². The summed E-state index contributed by atoms with van der Waals surface area (Å²) in [7, 11) is 0. The van der Waals surface area contributed by atoms with E-state index >= 15 is 0 Å². The molecule has 2 aliphatic rings. The first-order chi connectivity index (χ1) is 19.4. The number of anilines is 1. The molecule has 0 saturated carbocycles. The van der Waals surface area contributed by atoms with Crippen molar-refractivity contribution >= 4 is 17.7 Å². The van der Waals surface area contributed by atoms with E-state index in [2.05, 4.69) is 22.0 Å². The quantitative estimate of drug-likeness (QED) is 0.287. The number of nitrogens with zero attached hydrogens (tertiary/aromatic N) is 2. The minimum Gasteiger partial charge on any atom is -0.443 e. The van der Waals surface area contributed by atoms with Gasteiger partial charge in [-0.15, -0.1) is 0 Å². The lowest BCUT2D eigenvalue weighted by Gasteiger charge is -2.38. The number of unbranched alkanes of at least 4 members (excludes halogenated alkanes) is 5. The summed E-state index contributed by atoms with van der Waals surface area (Å²) in [5, 5.41) is 2.98. The van der Waals surface area contributed by atoms with Crippen LogP contribution in [0.2, 0.25) is 0 Å². The van der Waals surface area contributed by atoms with Crippen molar-refractivity contribution in [2.24, 2.45) is 11.7 Å². The number of piperidine rings is 2. The largest absolute Gasteiger partial charge is 0.443 e. The van der Waals surface area contributed by atoms with Crippen LogP contribution in [-0.4, -0.2) is 66.7 Å². The highest BCUT2D eigenvalue weighted by Crippen LogP contribution is 2.30. The van der Waals surface area contributed by atoms with Crippen LogP contribution in [0.15, 0.2) is 54.6 Å². The Bertz CT molecular complexity index is 1070. The maximum atomic E-state index is 12.8. The number of benzene rings is 2. The molecule has 1 atom stereocenters. The molecular formula is C33H48N4O3. The molecule has 2 aromatic carbocycles. The molecular weight excluding hydrogens is 500 g/mol. The number of hydrogen-bond donors (Lipinski definition) is 2. The molecule has 2 saturated heterocycles. The van der Waals surface area contributed by atoms with E-state index in [0.717, 1.165) is 81.8 Å². The molecule has 0 aliphatic carbocycles. The Kier molecular flexibility index (Phi) is 11.4. The van der Waals surface area contributed by atoms with Gasteiger partial charge < -0.3 is 20.3 Å². The van der Waals surface area contributed by atoms with Gasteiger partial charge in [-0.2, -0.15) is 0 Å². The second kappa shape index (κ2) is 15.2. The van der Waals surface area contributed by atoms with Gasteiger partial charge in [-0.1, -0.05) is 74.2 Å². The van der Waals surface area contributed by atoms with Crippen LogP contribution in [-0.2, 0) is 9.53 Å². The van der Waals surface area contributed by atoms with Crippen molar-refractivity contribution < 1.29 is 14.3 Å². The lowest BCUT2D eigenvalue weighted by Crippen LogP contribution is -2.46. The number of carbonyl (C=O) groups is 2. The predicted molar refractivity (Wildman–Crippen MR) is 162 cm³/mol. The highest BCUT2D eigenvalue weighted by atomic mass is 16.6. The molecule has 0 spiro atoms. The summed E-state index contributed by atoms with van der Waals surface area (Å²) < 4.78 is 5.96. The molecule has 0 aromatic heterocycles. The molecule has 2 amide bonds. The maximum Gasteiger partial charge on any atom is 0.412 e. The Hall–Kier alpha value is -2.90. The van der Waals surface area contributed by atoms with E-state index < -0.39 is 5.60 Å². The minimum atomic E-state index is -0.436. The molecule has 3 N–H and O–H groups in total. The standard InChI is InChI=1S/C33H48N4O3/c1-33(40-32(39)35-30-18-10-9-17-29(30)27-14-7-6-8-15-27)19-24-36(25-20-33)21-11-4-2-3-5-12-22-37-23-13-16-28(26-37)31(34)38/h6-10,14-15,17-18,28H,2-5,11-13,16,19-26H2,1H3,(H2,34,38)(H,35,39). The molecule has 2 heterocycles. The van der Waals surface area contributed by atoms with Gasteiger partial charge >= 0.3 is 6.09 Å². The lowest BCUT2D eigenvalue weighted by molar-refractivity contribution is -0.123. The molecule has 40 heavy (non-hydrogen) atoms. The zero-order valence-electron chi connectivity index (χ0n) is 24.3. The molecule has 2 aromatic rings. The van der Waals surface area contributed by atoms with Gasteiger partial charge in [0.1, 0.15) is 5.60 Å². The Labute approximate surface area is 240 Å². The third-order valence-electron chi connectivity index (χ3n) is 8.61. The molecule has 1 unspecified atom stereocenters. The number of ether oxygens (including phenoxy) is 1. The number of carbonyl (C=O) groups excluding carboxylic acids is 2. The molecule has 0 bridgehead atoms. The average Bonchev–Trinajstić information content (AvgIpc) is 2.96. The molecule has 7 heteroatoms. The minimum absolute atomic E-state index is 0.0487. The van der Waals surface area contributed by atoms with Gasteiger partial charge in [0.05, 0.1) is 11.6 Å². The van der Waals surface area contributed by atoms with Crippen LogP contribution in [0.5, 0.6) is 0 Å². The van der Waals surface area contributed by atoms with Gasteiger partial charge in [-0.25, -0.2) is 4.79 Å². The van der Waals surface area contributed by atoms with Crippen LogP contribution in [0, 0.1) is 5.92 Å². The van der Waals surface area contributed by atoms with E-state index in [0.29, 0.717) is 0 Å². The molecule has 218 valence electrons. The first-order valence-corrected chi connectivity index (χ1v) is 15.3. The maximum absolute atomic E-state index is 12.8. The summed E-state index contributed by atoms with van der Waals surface area (Å²) in [6, 6.07) is 17.9. The van der Waals surface area contributed by atoms with Crippen molar-refractivity contribution in [3.8, 4) is 11.1 Å². The molecule has 7 nitrogen and oxygen atoms in total. The zero-order chi connectivity index (χ0) is 28.2. The van der Waals surface area contributed by atoms with E-state index in [1.165, 1.54) is 38.5 Å². The van der Waals surface area contributed by atoms with Crippen LogP contribution in [0.3, 0.4) is 0 Å². The fraction of sp³-hybridized carbons (Fsp3) is 0.576. The number of amides is 2. The van der Waals surface area contributed by atoms with Crippen molar-refractivity contribution in [2.75, 3.05) is 44.6 Å². The number of likely N-dealkylation sites (tertiary alicyclic amines) is 2. The van der Waals surface area contributed by atoms with Gasteiger partial charge in [-0.05, 0) is 76.7 Å². The van der Waals surface area contributed by atoms with Crippen molar-refractivity contribution in [2.45, 2.75) is 76.7 Å². The van der Waals surface area contributed by atoms with Crippen LogP contribution >= 0.6 is 0 Å². The highest BCUT2D eigenvalue weighted by molar-refractivity contribution is 5.91. The summed E-state index contributed by atoms with van der Waals surface area (Å²) in [6.45, 7) is 8.16. The SMILES string of the molecule is CC1(OC(=O)Nc2ccccc2-c2ccccc2)CCN(CCCCCCCCN2CCCC(C(N)=O)C2)CC1. The smallest absolute Gasteiger partial charge is 0.412 e. The van der Waals surface area contributed by atoms with E-state index in [9.17, 15) is 9.59 Å². The summed E-state index contributed by atoms with van der Waals surface area (Å²) >= 11 is 0. The summed E-state index contributed by atoms with van der Waals surface area (Å²) in [5.74, 6) is -0.0886. The van der Waals surface area contributed by atoms with E-state index in [-0.39, 0.29) is 17.9 Å². The van der Waals surface area contributed by atoms with Gasteiger partial charge in [0.15, 0.2) is 0 Å². The number of rotatable bonds is 13. The number of nitrogens with two attached hydrogens (primary N) is 1. The summed E-state index contributed by atoms with van der Waals surface area (Å²) in [5.41, 5.74) is 7.88. The third-order valence-corrected chi connectivity index (χ3v) is 8.61. The van der Waals surface area contributed by atoms with Gasteiger partial charge in [0.2, 0.25) is 5.91 Å². The third kappa shape index (κ3) is 9.34. The van der Waals surface area contributed by atoms with Gasteiger partial charge in [-0.3, -0.25) is 10.1 Å². The van der Waals surface area contributed by atoms with E-state index in [1.807, 2.05) is 54.6 Å². The predicted octanol–water partition coefficient (Wildman–Crippen LogP) is 6.29. The van der Waals surface area contributed by atoms with Crippen LogP contribution < -0.4 is 11.1 Å². The number of nitrogens with one attached hydrogen (secondary N) is 1. The van der Waals surface area contributed by atoms with Gasteiger partial charge in [0.25, 0.3) is 0 Å². The highest BCUT2D eigenvalue weighted by Gasteiger charge is 2.33. The fourth-order valence-electron chi connectivity index (χ4n) is 6.04. The molecule has 2 aliphatic heterocycles. The first kappa shape index (κ1) is 30.1. The number of hydrogen-bond acceptors (Lipinski definition) is 5. The Balaban J connectivity index is 1.07. The Morgan fingerprint density at radius 1 is 0.875 bits per heavy atom. The van der Waals surface area contributed by atoms with Crippen LogP contribution in [0.1, 0.15) is 71.1 Å². The molecule has 2 fully saturated rings. The van der Waals surface area contributed by atoms with Crippen molar-refractivity contribution in [1.29, 1.82) is 0 Å². The van der Waals surface area contributed by atoms with Crippen molar-refractivity contribution in [3.05, 3.63) is 54.6 Å². The van der Waals surface area contributed by atoms with E-state index in [1.54, 1.807) is 0 Å². The fourth-order valence-corrected chi connectivity index (χ4v) is 6.04. The van der Waals surface area contributed by atoms with Crippen molar-refractivity contribution in [3.63, 3.8) is 0 Å². The molecule has 4 rings (SSSR count). The second-order valence-electron chi connectivity index (χ2n) is 11.9. The van der Waals surface area contributed by atoms with Gasteiger partial charge in [0, 0.05) is 25.2 Å². The Morgan fingerprint density at radius 3 is 2.20 bits per heavy atom.